The topological polar surface area (TPSA) is 90.3 Å². The highest BCUT2D eigenvalue weighted by Gasteiger charge is 2.26. The van der Waals surface area contributed by atoms with Crippen LogP contribution >= 0.6 is 11.8 Å². The van der Waals surface area contributed by atoms with Crippen LogP contribution < -0.4 is 9.80 Å². The molecule has 0 amide bonds. The number of rotatable bonds is 5. The molecule has 0 saturated carbocycles. The van der Waals surface area contributed by atoms with E-state index < -0.39 is 11.2 Å². The molecule has 2 aromatic heterocycles. The first-order valence-corrected chi connectivity index (χ1v) is 12.9. The van der Waals surface area contributed by atoms with E-state index in [0.717, 1.165) is 40.7 Å². The lowest BCUT2D eigenvalue weighted by molar-refractivity contribution is 0.122. The lowest BCUT2D eigenvalue weighted by Gasteiger charge is -2.31. The molecule has 2 aliphatic heterocycles. The number of morpholine rings is 1. The van der Waals surface area contributed by atoms with Gasteiger partial charge in [0, 0.05) is 18.8 Å². The van der Waals surface area contributed by atoms with E-state index >= 15 is 0 Å². The number of anilines is 2. The van der Waals surface area contributed by atoms with Gasteiger partial charge in [-0.25, -0.2) is 15.0 Å². The summed E-state index contributed by atoms with van der Waals surface area (Å²) in [4.78, 5) is 23.3. The van der Waals surface area contributed by atoms with Gasteiger partial charge in [-0.05, 0) is 5.56 Å². The number of fused-ring (bicyclic) bond motifs is 1. The largest absolute Gasteiger partial charge is 0.616 e. The Kier molecular flexibility index (Phi) is 6.40. The maximum absolute atomic E-state index is 11.9. The molecular weight excluding hydrogens is 432 g/mol. The molecular formula is C21H24N6O2S2. The molecule has 0 atom stereocenters. The van der Waals surface area contributed by atoms with Crippen LogP contribution in [0.5, 0.6) is 0 Å². The van der Waals surface area contributed by atoms with E-state index in [1.54, 1.807) is 18.1 Å². The summed E-state index contributed by atoms with van der Waals surface area (Å²) in [6, 6.07) is 10.3. The Labute approximate surface area is 188 Å². The van der Waals surface area contributed by atoms with Crippen molar-refractivity contribution in [3.63, 3.8) is 0 Å². The third-order valence-corrected chi connectivity index (χ3v) is 7.73. The minimum atomic E-state index is -0.756. The van der Waals surface area contributed by atoms with Crippen molar-refractivity contribution < 1.29 is 9.29 Å². The predicted molar refractivity (Wildman–Crippen MR) is 124 cm³/mol. The number of nitrogens with zero attached hydrogens (tertiary/aromatic N) is 6. The smallest absolute Gasteiger partial charge is 0.228 e. The molecule has 2 saturated heterocycles. The fourth-order valence-corrected chi connectivity index (χ4v) is 5.65. The summed E-state index contributed by atoms with van der Waals surface area (Å²) in [7, 11) is 0. The molecule has 5 rings (SSSR count). The van der Waals surface area contributed by atoms with Crippen LogP contribution in [0, 0.1) is 0 Å². The van der Waals surface area contributed by atoms with Crippen LogP contribution in [0.2, 0.25) is 0 Å². The van der Waals surface area contributed by atoms with Crippen molar-refractivity contribution in [3.8, 4) is 0 Å². The molecule has 1 aromatic carbocycles. The molecule has 0 bridgehead atoms. The fraction of sp³-hybridized carbons (Fsp3) is 0.429. The van der Waals surface area contributed by atoms with E-state index in [2.05, 4.69) is 31.9 Å². The minimum absolute atomic E-state index is 0.652. The van der Waals surface area contributed by atoms with Gasteiger partial charge in [0.1, 0.15) is 33.9 Å². The summed E-state index contributed by atoms with van der Waals surface area (Å²) in [5.74, 6) is 3.61. The molecule has 4 heterocycles. The lowest BCUT2D eigenvalue weighted by Crippen LogP contribution is -2.42. The van der Waals surface area contributed by atoms with E-state index in [4.69, 9.17) is 14.7 Å². The van der Waals surface area contributed by atoms with Crippen molar-refractivity contribution in [2.24, 2.45) is 0 Å². The quantitative estimate of drug-likeness (QED) is 0.325. The molecule has 3 aromatic rings. The first kappa shape index (κ1) is 20.7. The predicted octanol–water partition coefficient (Wildman–Crippen LogP) is 2.12. The number of hydrogen-bond donors (Lipinski definition) is 0. The van der Waals surface area contributed by atoms with Crippen LogP contribution in [0.4, 0.5) is 11.8 Å². The van der Waals surface area contributed by atoms with E-state index in [1.807, 2.05) is 18.2 Å². The molecule has 0 N–H and O–H groups in total. The zero-order valence-electron chi connectivity index (χ0n) is 17.1. The highest BCUT2D eigenvalue weighted by atomic mass is 32.2. The second-order valence-corrected chi connectivity index (χ2v) is 10.1. The van der Waals surface area contributed by atoms with Crippen LogP contribution in [0.25, 0.3) is 11.0 Å². The van der Waals surface area contributed by atoms with Crippen LogP contribution in [0.3, 0.4) is 0 Å². The molecule has 2 aliphatic rings. The van der Waals surface area contributed by atoms with Gasteiger partial charge < -0.3 is 19.1 Å². The fourth-order valence-electron chi connectivity index (χ4n) is 3.71. The summed E-state index contributed by atoms with van der Waals surface area (Å²) >= 11 is 0.907. The first-order valence-electron chi connectivity index (χ1n) is 10.4. The van der Waals surface area contributed by atoms with Crippen molar-refractivity contribution in [2.75, 3.05) is 60.7 Å². The van der Waals surface area contributed by atoms with Crippen LogP contribution in [-0.2, 0) is 21.7 Å². The minimum Gasteiger partial charge on any atom is -0.616 e. The Morgan fingerprint density at radius 2 is 1.71 bits per heavy atom. The Hall–Kier alpha value is -2.14. The van der Waals surface area contributed by atoms with E-state index in [1.165, 1.54) is 5.56 Å². The second-order valence-electron chi connectivity index (χ2n) is 7.43. The van der Waals surface area contributed by atoms with Gasteiger partial charge in [-0.15, -0.1) is 0 Å². The molecule has 162 valence electrons. The van der Waals surface area contributed by atoms with Crippen LogP contribution in [-0.4, -0.2) is 75.4 Å². The number of benzene rings is 1. The lowest BCUT2D eigenvalue weighted by atomic mass is 10.2. The summed E-state index contributed by atoms with van der Waals surface area (Å²) in [5.41, 5.74) is 2.78. The molecule has 8 nitrogen and oxygen atoms in total. The van der Waals surface area contributed by atoms with E-state index in [0.29, 0.717) is 43.8 Å². The molecule has 0 spiro atoms. The molecule has 2 fully saturated rings. The van der Waals surface area contributed by atoms with Crippen molar-refractivity contribution in [1.82, 2.24) is 19.9 Å². The SMILES string of the molecule is [O-][S+]1CCN(c2nc(N3CCOCC3)nc3c(SCc4ccccc4)ncnc23)CC1. The van der Waals surface area contributed by atoms with Crippen molar-refractivity contribution in [1.29, 1.82) is 0 Å². The van der Waals surface area contributed by atoms with Gasteiger partial charge in [0.15, 0.2) is 5.82 Å². The number of thioether (sulfide) groups is 1. The second kappa shape index (κ2) is 9.56. The molecule has 0 radical (unpaired) electrons. The average molecular weight is 457 g/mol. The third kappa shape index (κ3) is 4.72. The van der Waals surface area contributed by atoms with Gasteiger partial charge in [-0.3, -0.25) is 0 Å². The molecule has 0 aliphatic carbocycles. The first-order chi connectivity index (χ1) is 15.3. The summed E-state index contributed by atoms with van der Waals surface area (Å²) < 4.78 is 17.4. The van der Waals surface area contributed by atoms with Crippen molar-refractivity contribution >= 4 is 45.7 Å². The number of aromatic nitrogens is 4. The average Bonchev–Trinajstić information content (AvgIpc) is 2.84. The molecule has 0 unspecified atom stereocenters. The maximum atomic E-state index is 11.9. The van der Waals surface area contributed by atoms with E-state index in [-0.39, 0.29) is 0 Å². The Morgan fingerprint density at radius 3 is 2.48 bits per heavy atom. The standard InChI is InChI=1S/C21H24N6O2S2/c28-31-12-8-26(9-13-31)19-17-18(24-21(25-19)27-6-10-29-11-7-27)20(23-15-22-17)30-14-16-4-2-1-3-5-16/h1-5,15H,6-14H2. The summed E-state index contributed by atoms with van der Waals surface area (Å²) in [6.45, 7) is 4.26. The summed E-state index contributed by atoms with van der Waals surface area (Å²) in [6.07, 6.45) is 1.60. The van der Waals surface area contributed by atoms with Crippen LogP contribution in [0.1, 0.15) is 5.56 Å². The van der Waals surface area contributed by atoms with Crippen LogP contribution in [0.15, 0.2) is 41.7 Å². The normalized spacial score (nSPS) is 18.0. The highest BCUT2D eigenvalue weighted by molar-refractivity contribution is 7.98. The Balaban J connectivity index is 1.54. The Morgan fingerprint density at radius 1 is 0.935 bits per heavy atom. The monoisotopic (exact) mass is 456 g/mol. The van der Waals surface area contributed by atoms with Crippen molar-refractivity contribution in [3.05, 3.63) is 42.2 Å². The summed E-state index contributed by atoms with van der Waals surface area (Å²) in [5, 5.41) is 0.854. The Bertz CT molecular complexity index is 1030. The zero-order valence-corrected chi connectivity index (χ0v) is 18.8. The van der Waals surface area contributed by atoms with Gasteiger partial charge in [-0.1, -0.05) is 53.3 Å². The molecule has 31 heavy (non-hydrogen) atoms. The maximum Gasteiger partial charge on any atom is 0.228 e. The van der Waals surface area contributed by atoms with E-state index in [9.17, 15) is 4.55 Å². The van der Waals surface area contributed by atoms with Crippen molar-refractivity contribution in [2.45, 2.75) is 10.8 Å². The van der Waals surface area contributed by atoms with Gasteiger partial charge >= 0.3 is 0 Å². The van der Waals surface area contributed by atoms with Gasteiger partial charge in [0.2, 0.25) is 5.95 Å². The third-order valence-electron chi connectivity index (χ3n) is 5.41. The zero-order chi connectivity index (χ0) is 21.0. The van der Waals surface area contributed by atoms with Gasteiger partial charge in [0.25, 0.3) is 0 Å². The van der Waals surface area contributed by atoms with Gasteiger partial charge in [-0.2, -0.15) is 4.98 Å². The molecule has 10 heteroatoms. The van der Waals surface area contributed by atoms with Gasteiger partial charge in [0.05, 0.1) is 26.3 Å². The number of hydrogen-bond acceptors (Lipinski definition) is 9. The highest BCUT2D eigenvalue weighted by Crippen LogP contribution is 2.32. The number of ether oxygens (including phenoxy) is 1.